The van der Waals surface area contributed by atoms with Gasteiger partial charge < -0.3 is 18.9 Å². The third-order valence-corrected chi connectivity index (χ3v) is 4.13. The Balaban J connectivity index is 1.75. The highest BCUT2D eigenvalue weighted by molar-refractivity contribution is 5.89. The first-order valence-corrected chi connectivity index (χ1v) is 8.73. The number of rotatable bonds is 7. The van der Waals surface area contributed by atoms with Crippen LogP contribution in [0.1, 0.15) is 13.8 Å². The zero-order valence-electron chi connectivity index (χ0n) is 15.2. The highest BCUT2D eigenvalue weighted by atomic mass is 16.5. The van der Waals surface area contributed by atoms with Crippen LogP contribution >= 0.6 is 0 Å². The molecule has 0 N–H and O–H groups in total. The molecule has 0 bridgehead atoms. The number of ether oxygens (including phenoxy) is 4. The zero-order chi connectivity index (χ0) is 17.6. The number of methoxy groups -OCH3 is 1. The van der Waals surface area contributed by atoms with Crippen LogP contribution in [0.15, 0.2) is 24.4 Å². The van der Waals surface area contributed by atoms with Gasteiger partial charge >= 0.3 is 0 Å². The summed E-state index contributed by atoms with van der Waals surface area (Å²) >= 11 is 0. The Kier molecular flexibility index (Phi) is 5.94. The second-order valence-electron chi connectivity index (χ2n) is 6.31. The van der Waals surface area contributed by atoms with E-state index >= 15 is 0 Å². The lowest BCUT2D eigenvalue weighted by Gasteiger charge is -2.26. The van der Waals surface area contributed by atoms with E-state index < -0.39 is 0 Å². The van der Waals surface area contributed by atoms with E-state index in [1.165, 1.54) is 0 Å². The Bertz CT molecular complexity index is 699. The zero-order valence-corrected chi connectivity index (χ0v) is 15.2. The number of morpholine rings is 1. The van der Waals surface area contributed by atoms with Gasteiger partial charge in [-0.2, -0.15) is 0 Å². The molecule has 0 unspecified atom stereocenters. The first-order valence-electron chi connectivity index (χ1n) is 8.73. The smallest absolute Gasteiger partial charge is 0.221 e. The number of benzene rings is 1. The van der Waals surface area contributed by atoms with Crippen molar-refractivity contribution in [2.75, 3.05) is 46.6 Å². The van der Waals surface area contributed by atoms with E-state index in [1.54, 1.807) is 13.3 Å². The van der Waals surface area contributed by atoms with Gasteiger partial charge in [-0.1, -0.05) is 0 Å². The van der Waals surface area contributed by atoms with E-state index in [0.29, 0.717) is 18.2 Å². The van der Waals surface area contributed by atoms with Crippen LogP contribution in [0.25, 0.3) is 10.8 Å². The van der Waals surface area contributed by atoms with Gasteiger partial charge in [0.15, 0.2) is 11.5 Å². The number of hydrogen-bond donors (Lipinski definition) is 0. The van der Waals surface area contributed by atoms with Gasteiger partial charge in [-0.15, -0.1) is 0 Å². The SMILES string of the molecule is COc1cc2c(OC(C)C)nccc2cc1OCCN1CCOCC1. The highest BCUT2D eigenvalue weighted by Crippen LogP contribution is 2.35. The summed E-state index contributed by atoms with van der Waals surface area (Å²) in [7, 11) is 1.65. The normalized spacial score (nSPS) is 15.5. The number of pyridine rings is 1. The van der Waals surface area contributed by atoms with E-state index in [4.69, 9.17) is 18.9 Å². The number of nitrogens with zero attached hydrogens (tertiary/aromatic N) is 2. The van der Waals surface area contributed by atoms with Crippen molar-refractivity contribution in [3.63, 3.8) is 0 Å². The van der Waals surface area contributed by atoms with Gasteiger partial charge in [0.05, 0.1) is 26.4 Å². The van der Waals surface area contributed by atoms with Crippen molar-refractivity contribution in [3.05, 3.63) is 24.4 Å². The summed E-state index contributed by atoms with van der Waals surface area (Å²) in [6.07, 6.45) is 1.82. The van der Waals surface area contributed by atoms with Gasteiger partial charge in [0.25, 0.3) is 0 Å². The fourth-order valence-corrected chi connectivity index (χ4v) is 2.85. The maximum absolute atomic E-state index is 5.99. The molecule has 6 nitrogen and oxygen atoms in total. The van der Waals surface area contributed by atoms with Crippen molar-refractivity contribution >= 4 is 10.8 Å². The maximum Gasteiger partial charge on any atom is 0.221 e. The largest absolute Gasteiger partial charge is 0.493 e. The summed E-state index contributed by atoms with van der Waals surface area (Å²) in [6, 6.07) is 5.88. The van der Waals surface area contributed by atoms with Gasteiger partial charge in [-0.25, -0.2) is 4.98 Å². The van der Waals surface area contributed by atoms with Gasteiger partial charge in [-0.3, -0.25) is 4.90 Å². The fourth-order valence-electron chi connectivity index (χ4n) is 2.85. The first kappa shape index (κ1) is 17.8. The van der Waals surface area contributed by atoms with E-state index in [9.17, 15) is 0 Å². The second kappa shape index (κ2) is 8.36. The highest BCUT2D eigenvalue weighted by Gasteiger charge is 2.14. The van der Waals surface area contributed by atoms with Crippen LogP contribution in [-0.4, -0.2) is 62.6 Å². The van der Waals surface area contributed by atoms with Crippen molar-refractivity contribution in [1.29, 1.82) is 0 Å². The Labute approximate surface area is 148 Å². The summed E-state index contributed by atoms with van der Waals surface area (Å²) in [5.41, 5.74) is 0. The van der Waals surface area contributed by atoms with E-state index in [1.807, 2.05) is 32.0 Å². The lowest BCUT2D eigenvalue weighted by molar-refractivity contribution is 0.0321. The summed E-state index contributed by atoms with van der Waals surface area (Å²) in [5, 5.41) is 1.95. The molecule has 1 aliphatic heterocycles. The third-order valence-electron chi connectivity index (χ3n) is 4.13. The third kappa shape index (κ3) is 4.52. The van der Waals surface area contributed by atoms with Crippen molar-refractivity contribution in [3.8, 4) is 17.4 Å². The summed E-state index contributed by atoms with van der Waals surface area (Å²) in [5.74, 6) is 2.05. The Morgan fingerprint density at radius 3 is 2.72 bits per heavy atom. The Hall–Kier alpha value is -2.05. The molecule has 0 radical (unpaired) electrons. The van der Waals surface area contributed by atoms with Crippen molar-refractivity contribution in [2.24, 2.45) is 0 Å². The molecule has 25 heavy (non-hydrogen) atoms. The molecular formula is C19H26N2O4. The van der Waals surface area contributed by atoms with E-state index in [2.05, 4.69) is 9.88 Å². The van der Waals surface area contributed by atoms with Gasteiger partial charge in [0.1, 0.15) is 6.61 Å². The minimum Gasteiger partial charge on any atom is -0.493 e. The van der Waals surface area contributed by atoms with Gasteiger partial charge in [-0.05, 0) is 37.4 Å². The van der Waals surface area contributed by atoms with E-state index in [0.717, 1.165) is 49.4 Å². The number of hydrogen-bond acceptors (Lipinski definition) is 6. The molecule has 1 aliphatic rings. The van der Waals surface area contributed by atoms with Crippen LogP contribution < -0.4 is 14.2 Å². The molecule has 1 aromatic heterocycles. The average molecular weight is 346 g/mol. The van der Waals surface area contributed by atoms with Crippen LogP contribution in [0.2, 0.25) is 0 Å². The number of fused-ring (bicyclic) bond motifs is 1. The molecule has 0 spiro atoms. The van der Waals surface area contributed by atoms with Crippen LogP contribution in [0.5, 0.6) is 17.4 Å². The Morgan fingerprint density at radius 1 is 1.20 bits per heavy atom. The monoisotopic (exact) mass is 346 g/mol. The van der Waals surface area contributed by atoms with Crippen molar-refractivity contribution in [2.45, 2.75) is 20.0 Å². The standard InChI is InChI=1S/C19H26N2O4/c1-14(2)25-19-16-13-17(22-3)18(12-15(16)4-5-20-19)24-11-8-21-6-9-23-10-7-21/h4-5,12-14H,6-11H2,1-3H3. The van der Waals surface area contributed by atoms with Crippen LogP contribution in [0, 0.1) is 0 Å². The van der Waals surface area contributed by atoms with Crippen LogP contribution in [0.3, 0.4) is 0 Å². The molecule has 1 aromatic carbocycles. The molecule has 0 saturated carbocycles. The maximum atomic E-state index is 5.99. The molecule has 1 saturated heterocycles. The Morgan fingerprint density at radius 2 is 2.00 bits per heavy atom. The molecule has 3 rings (SSSR count). The van der Waals surface area contributed by atoms with Crippen molar-refractivity contribution in [1.82, 2.24) is 9.88 Å². The average Bonchev–Trinajstić information content (AvgIpc) is 2.62. The summed E-state index contributed by atoms with van der Waals surface area (Å²) in [4.78, 5) is 6.68. The predicted molar refractivity (Wildman–Crippen MR) is 96.8 cm³/mol. The fraction of sp³-hybridized carbons (Fsp3) is 0.526. The van der Waals surface area contributed by atoms with Crippen LogP contribution in [0.4, 0.5) is 0 Å². The quantitative estimate of drug-likeness (QED) is 0.768. The van der Waals surface area contributed by atoms with E-state index in [-0.39, 0.29) is 6.10 Å². The van der Waals surface area contributed by atoms with Gasteiger partial charge in [0, 0.05) is 31.2 Å². The topological polar surface area (TPSA) is 53.0 Å². The predicted octanol–water partition coefficient (Wildman–Crippen LogP) is 2.74. The molecule has 2 aromatic rings. The molecule has 0 aliphatic carbocycles. The molecule has 136 valence electrons. The summed E-state index contributed by atoms with van der Waals surface area (Å²) in [6.45, 7) is 8.97. The second-order valence-corrected chi connectivity index (χ2v) is 6.31. The molecule has 2 heterocycles. The van der Waals surface area contributed by atoms with Crippen LogP contribution in [-0.2, 0) is 4.74 Å². The molecule has 6 heteroatoms. The lowest BCUT2D eigenvalue weighted by Crippen LogP contribution is -2.38. The molecule has 0 amide bonds. The van der Waals surface area contributed by atoms with Gasteiger partial charge in [0.2, 0.25) is 5.88 Å². The minimum absolute atomic E-state index is 0.0635. The number of aromatic nitrogens is 1. The first-order chi connectivity index (χ1) is 12.2. The molecular weight excluding hydrogens is 320 g/mol. The molecule has 1 fully saturated rings. The molecule has 0 atom stereocenters. The minimum atomic E-state index is 0.0635. The summed E-state index contributed by atoms with van der Waals surface area (Å²) < 4.78 is 22.7. The van der Waals surface area contributed by atoms with Crippen molar-refractivity contribution < 1.29 is 18.9 Å². The lowest BCUT2D eigenvalue weighted by atomic mass is 10.1.